The largest absolute Gasteiger partial charge is 0.309 e. The lowest BCUT2D eigenvalue weighted by molar-refractivity contribution is 0.765. The van der Waals surface area contributed by atoms with E-state index < -0.39 is 0 Å². The van der Waals surface area contributed by atoms with Crippen LogP contribution in [-0.4, -0.2) is 0 Å². The van der Waals surface area contributed by atoms with Gasteiger partial charge in [-0.05, 0) is 23.6 Å². The van der Waals surface area contributed by atoms with Gasteiger partial charge in [0.15, 0.2) is 0 Å². The van der Waals surface area contributed by atoms with E-state index in [1.807, 2.05) is 6.92 Å². The third-order valence-electron chi connectivity index (χ3n) is 2.15. The van der Waals surface area contributed by atoms with Gasteiger partial charge in [0.25, 0.3) is 0 Å². The van der Waals surface area contributed by atoms with E-state index in [0.29, 0.717) is 0 Å². The van der Waals surface area contributed by atoms with E-state index in [-0.39, 0.29) is 0 Å². The molecule has 0 amide bonds. The zero-order valence-electron chi connectivity index (χ0n) is 6.45. The van der Waals surface area contributed by atoms with Gasteiger partial charge >= 0.3 is 0 Å². The normalized spacial score (nSPS) is 15.1. The Labute approximate surface area is 71.4 Å². The van der Waals surface area contributed by atoms with E-state index >= 15 is 0 Å². The van der Waals surface area contributed by atoms with Crippen LogP contribution in [0.5, 0.6) is 0 Å². The molecular formula is C9H10ClN. The minimum Gasteiger partial charge on any atom is -0.309 e. The van der Waals surface area contributed by atoms with E-state index in [1.54, 1.807) is 0 Å². The molecule has 58 valence electrons. The summed E-state index contributed by atoms with van der Waals surface area (Å²) in [6.45, 7) is 3.94. The summed E-state index contributed by atoms with van der Waals surface area (Å²) in [7, 11) is 0. The molecule has 0 radical (unpaired) electrons. The van der Waals surface area contributed by atoms with Crippen LogP contribution in [0.4, 0.5) is 0 Å². The second-order valence-electron chi connectivity index (χ2n) is 2.94. The van der Waals surface area contributed by atoms with Crippen molar-refractivity contribution in [2.45, 2.75) is 20.0 Å². The molecule has 2 rings (SSSR count). The van der Waals surface area contributed by atoms with Crippen molar-refractivity contribution in [2.24, 2.45) is 0 Å². The van der Waals surface area contributed by atoms with Crippen molar-refractivity contribution in [3.05, 3.63) is 33.8 Å². The van der Waals surface area contributed by atoms with E-state index in [1.165, 1.54) is 16.7 Å². The Morgan fingerprint density at radius 2 is 2.18 bits per heavy atom. The predicted octanol–water partition coefficient (Wildman–Crippen LogP) is 2.25. The summed E-state index contributed by atoms with van der Waals surface area (Å²) in [6.07, 6.45) is 0. The first-order valence-electron chi connectivity index (χ1n) is 3.76. The van der Waals surface area contributed by atoms with Gasteiger partial charge in [0, 0.05) is 18.1 Å². The summed E-state index contributed by atoms with van der Waals surface area (Å²) in [6, 6.07) is 4.23. The van der Waals surface area contributed by atoms with Crippen LogP contribution in [0.15, 0.2) is 12.1 Å². The maximum absolute atomic E-state index is 6.10. The van der Waals surface area contributed by atoms with Crippen molar-refractivity contribution in [2.75, 3.05) is 0 Å². The van der Waals surface area contributed by atoms with Gasteiger partial charge in [-0.15, -0.1) is 0 Å². The zero-order valence-corrected chi connectivity index (χ0v) is 7.20. The Bertz CT molecular complexity index is 294. The van der Waals surface area contributed by atoms with Gasteiger partial charge in [-0.1, -0.05) is 23.7 Å². The Morgan fingerprint density at radius 3 is 3.00 bits per heavy atom. The van der Waals surface area contributed by atoms with Crippen LogP contribution in [0.25, 0.3) is 0 Å². The van der Waals surface area contributed by atoms with Crippen LogP contribution >= 0.6 is 11.6 Å². The second-order valence-corrected chi connectivity index (χ2v) is 3.32. The summed E-state index contributed by atoms with van der Waals surface area (Å²) < 4.78 is 0. The molecule has 1 aromatic rings. The molecule has 1 aromatic carbocycles. The third-order valence-corrected chi connectivity index (χ3v) is 2.68. The molecule has 2 heteroatoms. The first kappa shape index (κ1) is 7.14. The van der Waals surface area contributed by atoms with Gasteiger partial charge in [-0.2, -0.15) is 0 Å². The Balaban J connectivity index is 2.62. The molecule has 0 saturated carbocycles. The first-order valence-corrected chi connectivity index (χ1v) is 4.14. The highest BCUT2D eigenvalue weighted by molar-refractivity contribution is 6.32. The lowest BCUT2D eigenvalue weighted by Gasteiger charge is -2.02. The number of rotatable bonds is 0. The number of benzene rings is 1. The number of nitrogens with one attached hydrogen (secondary N) is 1. The Morgan fingerprint density at radius 1 is 1.36 bits per heavy atom. The van der Waals surface area contributed by atoms with Crippen molar-refractivity contribution in [1.29, 1.82) is 0 Å². The summed E-state index contributed by atoms with van der Waals surface area (Å²) in [5.41, 5.74) is 3.81. The summed E-state index contributed by atoms with van der Waals surface area (Å²) in [5, 5.41) is 4.21. The number of fused-ring (bicyclic) bond motifs is 1. The van der Waals surface area contributed by atoms with E-state index in [4.69, 9.17) is 11.6 Å². The van der Waals surface area contributed by atoms with Crippen LogP contribution in [0.2, 0.25) is 5.02 Å². The number of hydrogen-bond acceptors (Lipinski definition) is 1. The molecule has 1 nitrogen and oxygen atoms in total. The SMILES string of the molecule is Cc1ccc2c(c1Cl)CNC2. The molecular weight excluding hydrogens is 158 g/mol. The van der Waals surface area contributed by atoms with Crippen molar-refractivity contribution in [1.82, 2.24) is 5.32 Å². The van der Waals surface area contributed by atoms with E-state index in [0.717, 1.165) is 18.1 Å². The highest BCUT2D eigenvalue weighted by Gasteiger charge is 2.13. The maximum Gasteiger partial charge on any atom is 0.0483 e. The fourth-order valence-electron chi connectivity index (χ4n) is 1.46. The van der Waals surface area contributed by atoms with Crippen LogP contribution in [0.1, 0.15) is 16.7 Å². The van der Waals surface area contributed by atoms with Crippen molar-refractivity contribution >= 4 is 11.6 Å². The van der Waals surface area contributed by atoms with E-state index in [9.17, 15) is 0 Å². The molecule has 1 aliphatic heterocycles. The Kier molecular flexibility index (Phi) is 1.63. The van der Waals surface area contributed by atoms with Gasteiger partial charge in [0.05, 0.1) is 0 Å². The molecule has 0 atom stereocenters. The quantitative estimate of drug-likeness (QED) is 0.625. The first-order chi connectivity index (χ1) is 5.29. The molecule has 1 aliphatic rings. The fourth-order valence-corrected chi connectivity index (χ4v) is 1.71. The summed E-state index contributed by atoms with van der Waals surface area (Å²) >= 11 is 6.10. The van der Waals surface area contributed by atoms with Gasteiger partial charge in [0.2, 0.25) is 0 Å². The number of halogens is 1. The third kappa shape index (κ3) is 1.05. The monoisotopic (exact) mass is 167 g/mol. The molecule has 0 saturated heterocycles. The minimum atomic E-state index is 0.926. The number of hydrogen-bond donors (Lipinski definition) is 1. The molecule has 0 bridgehead atoms. The maximum atomic E-state index is 6.10. The highest BCUT2D eigenvalue weighted by atomic mass is 35.5. The van der Waals surface area contributed by atoms with Gasteiger partial charge < -0.3 is 5.32 Å². The summed E-state index contributed by atoms with van der Waals surface area (Å²) in [4.78, 5) is 0. The second kappa shape index (κ2) is 2.50. The average Bonchev–Trinajstić information content (AvgIpc) is 2.45. The van der Waals surface area contributed by atoms with E-state index in [2.05, 4.69) is 17.4 Å². The van der Waals surface area contributed by atoms with Crippen molar-refractivity contribution in [3.63, 3.8) is 0 Å². The molecule has 1 N–H and O–H groups in total. The smallest absolute Gasteiger partial charge is 0.0483 e. The molecule has 0 unspecified atom stereocenters. The number of aryl methyl sites for hydroxylation is 1. The topological polar surface area (TPSA) is 12.0 Å². The predicted molar refractivity (Wildman–Crippen MR) is 46.7 cm³/mol. The highest BCUT2D eigenvalue weighted by Crippen LogP contribution is 2.26. The van der Waals surface area contributed by atoms with Crippen molar-refractivity contribution < 1.29 is 0 Å². The lowest BCUT2D eigenvalue weighted by Crippen LogP contribution is -2.00. The molecule has 11 heavy (non-hydrogen) atoms. The van der Waals surface area contributed by atoms with Gasteiger partial charge in [-0.25, -0.2) is 0 Å². The molecule has 1 heterocycles. The van der Waals surface area contributed by atoms with Crippen LogP contribution < -0.4 is 5.32 Å². The molecule has 0 spiro atoms. The van der Waals surface area contributed by atoms with Gasteiger partial charge in [0.1, 0.15) is 0 Å². The van der Waals surface area contributed by atoms with Crippen LogP contribution in [0, 0.1) is 6.92 Å². The fraction of sp³-hybridized carbons (Fsp3) is 0.333. The molecule has 0 fully saturated rings. The van der Waals surface area contributed by atoms with Gasteiger partial charge in [-0.3, -0.25) is 0 Å². The van der Waals surface area contributed by atoms with Crippen LogP contribution in [-0.2, 0) is 13.1 Å². The zero-order chi connectivity index (χ0) is 7.84. The standard InChI is InChI=1S/C9H10ClN/c1-6-2-3-7-4-11-5-8(7)9(6)10/h2-3,11H,4-5H2,1H3. The molecule has 0 aromatic heterocycles. The summed E-state index contributed by atoms with van der Waals surface area (Å²) in [5.74, 6) is 0. The van der Waals surface area contributed by atoms with Crippen molar-refractivity contribution in [3.8, 4) is 0 Å². The molecule has 0 aliphatic carbocycles. The lowest BCUT2D eigenvalue weighted by atomic mass is 10.1. The average molecular weight is 168 g/mol. The Hall–Kier alpha value is -0.530. The van der Waals surface area contributed by atoms with Crippen LogP contribution in [0.3, 0.4) is 0 Å². The minimum absolute atomic E-state index is 0.926.